The van der Waals surface area contributed by atoms with Gasteiger partial charge in [-0.15, -0.1) is 0 Å². The maximum absolute atomic E-state index is 10.3. The number of hydrogen-bond acceptors (Lipinski definition) is 2. The number of halogens is 1. The number of nitrogens with two attached hydrogens (primary N) is 1. The second kappa shape index (κ2) is 3.74. The number of phenols is 1. The van der Waals surface area contributed by atoms with Gasteiger partial charge in [-0.3, -0.25) is 0 Å². The summed E-state index contributed by atoms with van der Waals surface area (Å²) in [4.78, 5) is 0. The lowest BCUT2D eigenvalue weighted by molar-refractivity contribution is 0.441. The normalized spacial score (nSPS) is 19.6. The summed E-state index contributed by atoms with van der Waals surface area (Å²) in [5.41, 5.74) is 9.33. The Kier molecular flexibility index (Phi) is 2.79. The van der Waals surface area contributed by atoms with Gasteiger partial charge in [0.1, 0.15) is 5.75 Å². The average molecular weight is 284 g/mol. The van der Waals surface area contributed by atoms with E-state index in [-0.39, 0.29) is 11.5 Å². The van der Waals surface area contributed by atoms with E-state index in [0.717, 1.165) is 34.0 Å². The van der Waals surface area contributed by atoms with E-state index in [2.05, 4.69) is 28.9 Å². The van der Waals surface area contributed by atoms with Crippen LogP contribution in [0.1, 0.15) is 36.5 Å². The maximum atomic E-state index is 10.3. The summed E-state index contributed by atoms with van der Waals surface area (Å²) in [6.45, 7) is 6.07. The lowest BCUT2D eigenvalue weighted by Gasteiger charge is -2.24. The van der Waals surface area contributed by atoms with Crippen LogP contribution in [-0.2, 0) is 5.41 Å². The highest BCUT2D eigenvalue weighted by atomic mass is 79.9. The largest absolute Gasteiger partial charge is 0.506 e. The molecule has 0 aliphatic heterocycles. The Hall–Kier alpha value is -0.540. The third-order valence-electron chi connectivity index (χ3n) is 3.78. The average Bonchev–Trinajstić information content (AvgIpc) is 2.96. The highest BCUT2D eigenvalue weighted by Crippen LogP contribution is 2.55. The summed E-state index contributed by atoms with van der Waals surface area (Å²) in [7, 11) is 0. The Morgan fingerprint density at radius 3 is 2.38 bits per heavy atom. The van der Waals surface area contributed by atoms with Crippen molar-refractivity contribution in [3.63, 3.8) is 0 Å². The molecule has 88 valence electrons. The van der Waals surface area contributed by atoms with Crippen molar-refractivity contribution in [3.05, 3.63) is 27.2 Å². The van der Waals surface area contributed by atoms with Crippen molar-refractivity contribution in [2.75, 3.05) is 0 Å². The van der Waals surface area contributed by atoms with E-state index < -0.39 is 0 Å². The topological polar surface area (TPSA) is 46.2 Å². The van der Waals surface area contributed by atoms with Crippen molar-refractivity contribution >= 4 is 15.9 Å². The van der Waals surface area contributed by atoms with Crippen LogP contribution in [0.3, 0.4) is 0 Å². The molecule has 1 aromatic rings. The fourth-order valence-corrected chi connectivity index (χ4v) is 2.95. The number of aryl methyl sites for hydroxylation is 2. The van der Waals surface area contributed by atoms with E-state index in [9.17, 15) is 5.11 Å². The van der Waals surface area contributed by atoms with E-state index in [1.165, 1.54) is 0 Å². The fourth-order valence-electron chi connectivity index (χ4n) is 2.64. The predicted molar refractivity (Wildman–Crippen MR) is 69.8 cm³/mol. The lowest BCUT2D eigenvalue weighted by atomic mass is 9.85. The van der Waals surface area contributed by atoms with Gasteiger partial charge in [-0.2, -0.15) is 0 Å². The second-order valence-corrected chi connectivity index (χ2v) is 5.79. The minimum Gasteiger partial charge on any atom is -0.506 e. The number of phenolic OH excluding ortho intramolecular Hbond substituents is 1. The first-order valence-corrected chi connectivity index (χ1v) is 6.44. The highest BCUT2D eigenvalue weighted by Gasteiger charge is 2.50. The van der Waals surface area contributed by atoms with Gasteiger partial charge in [0, 0.05) is 17.0 Å². The van der Waals surface area contributed by atoms with Crippen LogP contribution >= 0.6 is 15.9 Å². The third kappa shape index (κ3) is 1.57. The number of hydrogen-bond donors (Lipinski definition) is 2. The van der Waals surface area contributed by atoms with E-state index >= 15 is 0 Å². The molecule has 2 rings (SSSR count). The van der Waals surface area contributed by atoms with Gasteiger partial charge < -0.3 is 10.8 Å². The Morgan fingerprint density at radius 2 is 1.94 bits per heavy atom. The molecule has 2 nitrogen and oxygen atoms in total. The summed E-state index contributed by atoms with van der Waals surface area (Å²) in [6.07, 6.45) is 2.16. The number of rotatable bonds is 2. The molecule has 1 unspecified atom stereocenters. The smallest absolute Gasteiger partial charge is 0.134 e. The zero-order valence-electron chi connectivity index (χ0n) is 9.97. The molecule has 0 spiro atoms. The van der Waals surface area contributed by atoms with Gasteiger partial charge in [0.25, 0.3) is 0 Å². The molecule has 0 aromatic heterocycles. The molecule has 0 saturated heterocycles. The molecule has 0 amide bonds. The molecule has 1 aliphatic carbocycles. The standard InChI is InChI=1S/C13H18BrNO/c1-7-6-8(2)11(14)12(16)10(7)13(4-5-13)9(3)15/h6,9,16H,4-5,15H2,1-3H3. The molecule has 1 saturated carbocycles. The van der Waals surface area contributed by atoms with Gasteiger partial charge in [0.15, 0.2) is 0 Å². The molecule has 1 aromatic carbocycles. The summed E-state index contributed by atoms with van der Waals surface area (Å²) < 4.78 is 0.806. The van der Waals surface area contributed by atoms with Gasteiger partial charge in [-0.1, -0.05) is 6.07 Å². The van der Waals surface area contributed by atoms with E-state index in [1.54, 1.807) is 0 Å². The fraction of sp³-hybridized carbons (Fsp3) is 0.538. The number of benzene rings is 1. The zero-order valence-corrected chi connectivity index (χ0v) is 11.6. The lowest BCUT2D eigenvalue weighted by Crippen LogP contribution is -2.32. The molecule has 1 fully saturated rings. The van der Waals surface area contributed by atoms with Crippen LogP contribution in [0, 0.1) is 13.8 Å². The number of aromatic hydroxyl groups is 1. The van der Waals surface area contributed by atoms with Crippen LogP contribution < -0.4 is 5.73 Å². The summed E-state index contributed by atoms with van der Waals surface area (Å²) in [6, 6.07) is 2.20. The summed E-state index contributed by atoms with van der Waals surface area (Å²) in [5.74, 6) is 0.382. The van der Waals surface area contributed by atoms with E-state index in [4.69, 9.17) is 5.73 Å². The van der Waals surface area contributed by atoms with Gasteiger partial charge in [0.05, 0.1) is 4.47 Å². The van der Waals surface area contributed by atoms with Crippen LogP contribution in [-0.4, -0.2) is 11.1 Å². The van der Waals surface area contributed by atoms with E-state index in [0.29, 0.717) is 5.75 Å². The molecule has 3 heteroatoms. The monoisotopic (exact) mass is 283 g/mol. The highest BCUT2D eigenvalue weighted by molar-refractivity contribution is 9.10. The predicted octanol–water partition coefficient (Wildman–Crippen LogP) is 3.15. The second-order valence-electron chi connectivity index (χ2n) is 4.99. The molecule has 3 N–H and O–H groups in total. The van der Waals surface area contributed by atoms with Crippen LogP contribution in [0.25, 0.3) is 0 Å². The Labute approximate surface area is 105 Å². The SMILES string of the molecule is Cc1cc(C)c(C2(C(C)N)CC2)c(O)c1Br. The van der Waals surface area contributed by atoms with Crippen LogP contribution in [0.4, 0.5) is 0 Å². The molecule has 0 radical (unpaired) electrons. The van der Waals surface area contributed by atoms with Crippen LogP contribution in [0.15, 0.2) is 10.5 Å². The van der Waals surface area contributed by atoms with Crippen molar-refractivity contribution in [3.8, 4) is 5.75 Å². The van der Waals surface area contributed by atoms with Gasteiger partial charge in [0.2, 0.25) is 0 Å². The van der Waals surface area contributed by atoms with Crippen molar-refractivity contribution in [1.82, 2.24) is 0 Å². The van der Waals surface area contributed by atoms with E-state index in [1.807, 2.05) is 13.8 Å². The van der Waals surface area contributed by atoms with Gasteiger partial charge in [-0.25, -0.2) is 0 Å². The summed E-state index contributed by atoms with van der Waals surface area (Å²) >= 11 is 3.44. The Bertz CT molecular complexity index is 436. The molecular weight excluding hydrogens is 266 g/mol. The first-order chi connectivity index (χ1) is 7.40. The minimum atomic E-state index is 0.00435. The summed E-state index contributed by atoms with van der Waals surface area (Å²) in [5, 5.41) is 10.3. The Balaban J connectivity index is 2.62. The van der Waals surface area contributed by atoms with Crippen molar-refractivity contribution in [2.45, 2.75) is 45.1 Å². The quantitative estimate of drug-likeness (QED) is 0.876. The zero-order chi connectivity index (χ0) is 12.1. The first kappa shape index (κ1) is 11.9. The van der Waals surface area contributed by atoms with Crippen LogP contribution in [0.5, 0.6) is 5.75 Å². The molecular formula is C13H18BrNO. The minimum absolute atomic E-state index is 0.00435. The molecule has 0 heterocycles. The molecule has 1 atom stereocenters. The Morgan fingerprint density at radius 1 is 1.38 bits per heavy atom. The third-order valence-corrected chi connectivity index (χ3v) is 4.78. The van der Waals surface area contributed by atoms with Crippen molar-refractivity contribution in [1.29, 1.82) is 0 Å². The van der Waals surface area contributed by atoms with Crippen LogP contribution in [0.2, 0.25) is 0 Å². The van der Waals surface area contributed by atoms with Crippen molar-refractivity contribution < 1.29 is 5.11 Å². The van der Waals surface area contributed by atoms with Crippen molar-refractivity contribution in [2.24, 2.45) is 5.73 Å². The van der Waals surface area contributed by atoms with Gasteiger partial charge in [-0.05, 0) is 60.7 Å². The maximum Gasteiger partial charge on any atom is 0.134 e. The first-order valence-electron chi connectivity index (χ1n) is 5.65. The molecule has 0 bridgehead atoms. The molecule has 1 aliphatic rings. The molecule has 16 heavy (non-hydrogen) atoms. The van der Waals surface area contributed by atoms with Gasteiger partial charge >= 0.3 is 0 Å².